The van der Waals surface area contributed by atoms with E-state index in [4.69, 9.17) is 10.1 Å². The van der Waals surface area contributed by atoms with E-state index in [9.17, 15) is 4.39 Å². The number of aromatic nitrogens is 4. The quantitative estimate of drug-likeness (QED) is 0.765. The van der Waals surface area contributed by atoms with E-state index in [1.165, 1.54) is 25.0 Å². The topological polar surface area (TPSA) is 49.7 Å². The maximum atomic E-state index is 13.2. The normalized spacial score (nSPS) is 16.2. The van der Waals surface area contributed by atoms with Gasteiger partial charge in [-0.1, -0.05) is 12.1 Å². The summed E-state index contributed by atoms with van der Waals surface area (Å²) in [4.78, 5) is 10.4. The third-order valence-corrected chi connectivity index (χ3v) is 5.11. The van der Waals surface area contributed by atoms with Crippen molar-refractivity contribution in [2.45, 2.75) is 25.8 Å². The first-order valence-electron chi connectivity index (χ1n) is 9.18. The van der Waals surface area contributed by atoms with Crippen molar-refractivity contribution >= 4 is 0 Å². The monoisotopic (exact) mass is 353 g/mol. The van der Waals surface area contributed by atoms with E-state index in [0.29, 0.717) is 12.5 Å². The molecule has 1 aliphatic heterocycles. The van der Waals surface area contributed by atoms with Crippen LogP contribution in [-0.4, -0.2) is 44.8 Å². The fraction of sp³-hybridized carbons (Fsp3) is 0.400. The predicted octanol–water partition coefficient (Wildman–Crippen LogP) is 3.34. The van der Waals surface area contributed by atoms with Crippen molar-refractivity contribution in [1.29, 1.82) is 0 Å². The van der Waals surface area contributed by atoms with Gasteiger partial charge in [0, 0.05) is 12.6 Å². The number of benzene rings is 1. The summed E-state index contributed by atoms with van der Waals surface area (Å²) in [6.45, 7) is 2.86. The van der Waals surface area contributed by atoms with Gasteiger partial charge in [-0.15, -0.1) is 0 Å². The molecule has 1 N–H and O–H groups in total. The minimum Gasteiger partial charge on any atom is -0.359 e. The highest BCUT2D eigenvalue weighted by molar-refractivity contribution is 5.49. The van der Waals surface area contributed by atoms with Gasteiger partial charge in [0.1, 0.15) is 5.82 Å². The van der Waals surface area contributed by atoms with E-state index in [2.05, 4.69) is 16.9 Å². The van der Waals surface area contributed by atoms with Crippen LogP contribution in [0.25, 0.3) is 11.5 Å². The van der Waals surface area contributed by atoms with E-state index in [0.717, 1.165) is 42.4 Å². The lowest BCUT2D eigenvalue weighted by Gasteiger charge is -2.28. The van der Waals surface area contributed by atoms with Gasteiger partial charge < -0.3 is 9.88 Å². The predicted molar refractivity (Wildman–Crippen MR) is 99.2 cm³/mol. The summed E-state index contributed by atoms with van der Waals surface area (Å²) in [6.07, 6.45) is 5.20. The molecule has 0 amide bonds. The van der Waals surface area contributed by atoms with Crippen molar-refractivity contribution in [2.75, 3.05) is 20.1 Å². The highest BCUT2D eigenvalue weighted by atomic mass is 19.1. The third-order valence-electron chi connectivity index (χ3n) is 5.11. The molecule has 0 spiro atoms. The average Bonchev–Trinajstić information content (AvgIpc) is 3.29. The van der Waals surface area contributed by atoms with E-state index in [-0.39, 0.29) is 5.82 Å². The van der Waals surface area contributed by atoms with E-state index >= 15 is 0 Å². The van der Waals surface area contributed by atoms with Gasteiger partial charge in [-0.2, -0.15) is 5.10 Å². The van der Waals surface area contributed by atoms with Gasteiger partial charge in [-0.05, 0) is 68.7 Å². The summed E-state index contributed by atoms with van der Waals surface area (Å²) >= 11 is 0. The molecule has 0 bridgehead atoms. The summed E-state index contributed by atoms with van der Waals surface area (Å²) < 4.78 is 15.1. The first-order chi connectivity index (χ1) is 12.7. The summed E-state index contributed by atoms with van der Waals surface area (Å²) in [6, 6.07) is 10.5. The van der Waals surface area contributed by atoms with Crippen LogP contribution in [0.4, 0.5) is 4.39 Å². The van der Waals surface area contributed by atoms with Crippen molar-refractivity contribution in [2.24, 2.45) is 5.92 Å². The fourth-order valence-electron chi connectivity index (χ4n) is 3.54. The smallest absolute Gasteiger partial charge is 0.175 e. The Labute approximate surface area is 152 Å². The van der Waals surface area contributed by atoms with Gasteiger partial charge >= 0.3 is 0 Å². The lowest BCUT2D eigenvalue weighted by atomic mass is 9.94. The molecule has 1 fully saturated rings. The Bertz CT molecular complexity index is 830. The van der Waals surface area contributed by atoms with Crippen molar-refractivity contribution in [3.63, 3.8) is 0 Å². The minimum absolute atomic E-state index is 0.222. The number of halogens is 1. The standard InChI is InChI=1S/C20H24FN5/c1-25-11-8-15(9-12-25)13-19-23-20(18-3-2-10-22-18)26(24-19)14-16-4-6-17(21)7-5-16/h2-7,10,15,22H,8-9,11-14H2,1H3. The molecule has 0 atom stereocenters. The summed E-state index contributed by atoms with van der Waals surface area (Å²) in [7, 11) is 2.18. The lowest BCUT2D eigenvalue weighted by Crippen LogP contribution is -2.31. The number of likely N-dealkylation sites (tertiary alicyclic amines) is 1. The molecule has 6 heteroatoms. The van der Waals surface area contributed by atoms with Crippen molar-refractivity contribution in [3.05, 3.63) is 59.8 Å². The molecule has 0 saturated carbocycles. The molecule has 4 rings (SSSR count). The Kier molecular flexibility index (Phi) is 4.84. The summed E-state index contributed by atoms with van der Waals surface area (Å²) in [5.74, 6) is 2.15. The van der Waals surface area contributed by atoms with Crippen LogP contribution in [0.3, 0.4) is 0 Å². The Morgan fingerprint density at radius 2 is 1.92 bits per heavy atom. The second kappa shape index (κ2) is 7.41. The van der Waals surface area contributed by atoms with E-state index in [1.54, 1.807) is 12.1 Å². The lowest BCUT2D eigenvalue weighted by molar-refractivity contribution is 0.217. The fourth-order valence-corrected chi connectivity index (χ4v) is 3.54. The molecule has 0 radical (unpaired) electrons. The molecule has 1 saturated heterocycles. The Balaban J connectivity index is 1.57. The van der Waals surface area contributed by atoms with Crippen molar-refractivity contribution < 1.29 is 4.39 Å². The van der Waals surface area contributed by atoms with Crippen LogP contribution in [0.1, 0.15) is 24.2 Å². The zero-order valence-corrected chi connectivity index (χ0v) is 15.0. The molecule has 136 valence electrons. The number of nitrogens with one attached hydrogen (secondary N) is 1. The van der Waals surface area contributed by atoms with Gasteiger partial charge in [0.15, 0.2) is 11.6 Å². The summed E-state index contributed by atoms with van der Waals surface area (Å²) in [5.41, 5.74) is 1.96. The van der Waals surface area contributed by atoms with Gasteiger partial charge in [0.25, 0.3) is 0 Å². The molecule has 3 aromatic rings. The van der Waals surface area contributed by atoms with Crippen LogP contribution >= 0.6 is 0 Å². The van der Waals surface area contributed by atoms with Gasteiger partial charge in [0.05, 0.1) is 12.2 Å². The van der Waals surface area contributed by atoms with Crippen LogP contribution in [0.15, 0.2) is 42.6 Å². The average molecular weight is 353 g/mol. The van der Waals surface area contributed by atoms with Crippen LogP contribution < -0.4 is 0 Å². The number of hydrogen-bond acceptors (Lipinski definition) is 3. The summed E-state index contributed by atoms with van der Waals surface area (Å²) in [5, 5.41) is 4.78. The molecule has 2 aromatic heterocycles. The van der Waals surface area contributed by atoms with Crippen molar-refractivity contribution in [1.82, 2.24) is 24.6 Å². The molecular formula is C20H24FN5. The third kappa shape index (κ3) is 3.85. The number of aromatic amines is 1. The molecule has 5 nitrogen and oxygen atoms in total. The molecule has 0 unspecified atom stereocenters. The Morgan fingerprint density at radius 1 is 1.15 bits per heavy atom. The number of piperidine rings is 1. The second-order valence-corrected chi connectivity index (χ2v) is 7.17. The first kappa shape index (κ1) is 17.0. The van der Waals surface area contributed by atoms with Crippen LogP contribution in [-0.2, 0) is 13.0 Å². The second-order valence-electron chi connectivity index (χ2n) is 7.17. The molecule has 26 heavy (non-hydrogen) atoms. The van der Waals surface area contributed by atoms with Crippen LogP contribution in [0, 0.1) is 11.7 Å². The van der Waals surface area contributed by atoms with Gasteiger partial charge in [0.2, 0.25) is 0 Å². The van der Waals surface area contributed by atoms with Crippen LogP contribution in [0.5, 0.6) is 0 Å². The molecule has 3 heterocycles. The SMILES string of the molecule is CN1CCC(Cc2nc(-c3ccc[nH]3)n(Cc3ccc(F)cc3)n2)CC1. The highest BCUT2D eigenvalue weighted by Crippen LogP contribution is 2.22. The number of nitrogens with zero attached hydrogens (tertiary/aromatic N) is 4. The maximum absolute atomic E-state index is 13.2. The first-order valence-corrected chi connectivity index (χ1v) is 9.18. The molecule has 1 aromatic carbocycles. The maximum Gasteiger partial charge on any atom is 0.175 e. The van der Waals surface area contributed by atoms with Gasteiger partial charge in [-0.25, -0.2) is 14.1 Å². The molecular weight excluding hydrogens is 329 g/mol. The van der Waals surface area contributed by atoms with Gasteiger partial charge in [-0.3, -0.25) is 0 Å². The number of hydrogen-bond donors (Lipinski definition) is 1. The van der Waals surface area contributed by atoms with E-state index < -0.39 is 0 Å². The number of rotatable bonds is 5. The largest absolute Gasteiger partial charge is 0.359 e. The molecule has 1 aliphatic rings. The Morgan fingerprint density at radius 3 is 2.62 bits per heavy atom. The number of H-pyrrole nitrogens is 1. The minimum atomic E-state index is -0.222. The van der Waals surface area contributed by atoms with Crippen LogP contribution in [0.2, 0.25) is 0 Å². The van der Waals surface area contributed by atoms with E-state index in [1.807, 2.05) is 23.0 Å². The molecule has 0 aliphatic carbocycles. The Hall–Kier alpha value is -2.47. The highest BCUT2D eigenvalue weighted by Gasteiger charge is 2.20. The van der Waals surface area contributed by atoms with Crippen molar-refractivity contribution in [3.8, 4) is 11.5 Å². The zero-order valence-electron chi connectivity index (χ0n) is 15.0. The zero-order chi connectivity index (χ0) is 17.9.